The zero-order valence-electron chi connectivity index (χ0n) is 9.34. The van der Waals surface area contributed by atoms with Gasteiger partial charge in [0.15, 0.2) is 0 Å². The van der Waals surface area contributed by atoms with Crippen LogP contribution in [0.3, 0.4) is 0 Å². The molecular formula is C11H21ClN2O. The van der Waals surface area contributed by atoms with Gasteiger partial charge in [0.1, 0.15) is 0 Å². The van der Waals surface area contributed by atoms with Gasteiger partial charge < -0.3 is 10.6 Å². The molecule has 3 nitrogen and oxygen atoms in total. The minimum atomic E-state index is 0. The van der Waals surface area contributed by atoms with Gasteiger partial charge in [0.25, 0.3) is 0 Å². The molecule has 1 atom stereocenters. The molecule has 0 aromatic carbocycles. The minimum Gasteiger partial charge on any atom is -0.356 e. The van der Waals surface area contributed by atoms with Crippen LogP contribution in [0.5, 0.6) is 0 Å². The summed E-state index contributed by atoms with van der Waals surface area (Å²) >= 11 is 0. The van der Waals surface area contributed by atoms with Crippen molar-refractivity contribution in [3.8, 4) is 0 Å². The Bertz CT molecular complexity index is 223. The number of rotatable bonds is 3. The van der Waals surface area contributed by atoms with Gasteiger partial charge in [-0.3, -0.25) is 4.79 Å². The van der Waals surface area contributed by atoms with Crippen molar-refractivity contribution in [1.29, 1.82) is 0 Å². The van der Waals surface area contributed by atoms with Crippen LogP contribution in [0.1, 0.15) is 32.6 Å². The molecule has 0 aromatic heterocycles. The Morgan fingerprint density at radius 3 is 2.73 bits per heavy atom. The number of amides is 1. The zero-order valence-corrected chi connectivity index (χ0v) is 10.2. The van der Waals surface area contributed by atoms with E-state index in [0.717, 1.165) is 32.5 Å². The fourth-order valence-corrected chi connectivity index (χ4v) is 2.62. The summed E-state index contributed by atoms with van der Waals surface area (Å²) in [7, 11) is 0. The summed E-state index contributed by atoms with van der Waals surface area (Å²) in [5.41, 5.74) is 0.0173. The molecular weight excluding hydrogens is 212 g/mol. The Morgan fingerprint density at radius 1 is 1.53 bits per heavy atom. The Morgan fingerprint density at radius 2 is 2.27 bits per heavy atom. The molecule has 2 fully saturated rings. The second kappa shape index (κ2) is 5.17. The molecule has 1 heterocycles. The third kappa shape index (κ3) is 2.45. The van der Waals surface area contributed by atoms with E-state index < -0.39 is 0 Å². The minimum absolute atomic E-state index is 0. The van der Waals surface area contributed by atoms with E-state index in [9.17, 15) is 4.79 Å². The second-order valence-electron chi connectivity index (χ2n) is 4.56. The lowest BCUT2D eigenvalue weighted by Gasteiger charge is -2.29. The number of hydrogen-bond donors (Lipinski definition) is 2. The second-order valence-corrected chi connectivity index (χ2v) is 4.56. The van der Waals surface area contributed by atoms with Crippen molar-refractivity contribution in [2.75, 3.05) is 19.6 Å². The van der Waals surface area contributed by atoms with Crippen LogP contribution in [0.25, 0.3) is 0 Å². The van der Waals surface area contributed by atoms with Crippen LogP contribution < -0.4 is 10.6 Å². The molecule has 1 saturated heterocycles. The molecule has 1 unspecified atom stereocenters. The van der Waals surface area contributed by atoms with Gasteiger partial charge in [-0.15, -0.1) is 12.4 Å². The summed E-state index contributed by atoms with van der Waals surface area (Å²) in [5, 5.41) is 6.38. The van der Waals surface area contributed by atoms with Crippen molar-refractivity contribution in [1.82, 2.24) is 10.6 Å². The normalized spacial score (nSPS) is 27.7. The van der Waals surface area contributed by atoms with Gasteiger partial charge >= 0.3 is 0 Å². The molecule has 0 spiro atoms. The van der Waals surface area contributed by atoms with Crippen LogP contribution in [-0.4, -0.2) is 25.5 Å². The number of carbonyl (C=O) groups is 1. The summed E-state index contributed by atoms with van der Waals surface area (Å²) in [6.45, 7) is 4.92. The van der Waals surface area contributed by atoms with Crippen molar-refractivity contribution in [3.05, 3.63) is 0 Å². The van der Waals surface area contributed by atoms with Gasteiger partial charge in [0.05, 0.1) is 5.41 Å². The summed E-state index contributed by atoms with van der Waals surface area (Å²) in [6.07, 6.45) is 4.66. The lowest BCUT2D eigenvalue weighted by Crippen LogP contribution is -2.43. The number of nitrogens with one attached hydrogen (secondary N) is 2. The third-order valence-electron chi connectivity index (χ3n) is 3.66. The average Bonchev–Trinajstić information content (AvgIpc) is 3.00. The SMILES string of the molecule is CCNC(=O)C1(C2CCCNC2)CC1.Cl. The monoisotopic (exact) mass is 232 g/mol. The van der Waals surface area contributed by atoms with Gasteiger partial charge in [-0.25, -0.2) is 0 Å². The summed E-state index contributed by atoms with van der Waals surface area (Å²) in [4.78, 5) is 11.9. The average molecular weight is 233 g/mol. The van der Waals surface area contributed by atoms with Crippen LogP contribution in [-0.2, 0) is 4.79 Å². The summed E-state index contributed by atoms with van der Waals surface area (Å²) < 4.78 is 0. The largest absolute Gasteiger partial charge is 0.356 e. The maximum absolute atomic E-state index is 11.9. The first-order chi connectivity index (χ1) is 6.79. The van der Waals surface area contributed by atoms with E-state index in [2.05, 4.69) is 10.6 Å². The van der Waals surface area contributed by atoms with E-state index in [0.29, 0.717) is 11.8 Å². The summed E-state index contributed by atoms with van der Waals surface area (Å²) in [5.74, 6) is 0.886. The van der Waals surface area contributed by atoms with E-state index in [4.69, 9.17) is 0 Å². The van der Waals surface area contributed by atoms with Crippen molar-refractivity contribution in [2.45, 2.75) is 32.6 Å². The molecule has 1 amide bonds. The first kappa shape index (κ1) is 12.8. The van der Waals surface area contributed by atoms with E-state index in [1.807, 2.05) is 6.92 Å². The molecule has 1 saturated carbocycles. The molecule has 88 valence electrons. The van der Waals surface area contributed by atoms with E-state index in [1.54, 1.807) is 0 Å². The quantitative estimate of drug-likeness (QED) is 0.771. The molecule has 2 rings (SSSR count). The summed E-state index contributed by atoms with van der Waals surface area (Å²) in [6, 6.07) is 0. The highest BCUT2D eigenvalue weighted by atomic mass is 35.5. The van der Waals surface area contributed by atoms with E-state index in [-0.39, 0.29) is 17.8 Å². The Labute approximate surface area is 97.8 Å². The highest BCUT2D eigenvalue weighted by Gasteiger charge is 2.54. The fraction of sp³-hybridized carbons (Fsp3) is 0.909. The molecule has 15 heavy (non-hydrogen) atoms. The van der Waals surface area contributed by atoms with Gasteiger partial charge in [-0.1, -0.05) is 0 Å². The molecule has 4 heteroatoms. The van der Waals surface area contributed by atoms with Gasteiger partial charge in [0.2, 0.25) is 5.91 Å². The smallest absolute Gasteiger partial charge is 0.226 e. The maximum atomic E-state index is 11.9. The molecule has 1 aliphatic heterocycles. The Balaban J connectivity index is 0.00000112. The molecule has 0 aromatic rings. The molecule has 1 aliphatic carbocycles. The first-order valence-corrected chi connectivity index (χ1v) is 5.78. The lowest BCUT2D eigenvalue weighted by atomic mass is 9.82. The first-order valence-electron chi connectivity index (χ1n) is 5.78. The van der Waals surface area contributed by atoms with Crippen LogP contribution >= 0.6 is 12.4 Å². The van der Waals surface area contributed by atoms with E-state index >= 15 is 0 Å². The van der Waals surface area contributed by atoms with Crippen LogP contribution in [0.15, 0.2) is 0 Å². The lowest BCUT2D eigenvalue weighted by molar-refractivity contribution is -0.128. The molecule has 0 bridgehead atoms. The van der Waals surface area contributed by atoms with Gasteiger partial charge in [-0.2, -0.15) is 0 Å². The number of halogens is 1. The predicted octanol–water partition coefficient (Wildman–Crippen LogP) is 1.32. The number of carbonyl (C=O) groups excluding carboxylic acids is 1. The number of piperidine rings is 1. The highest BCUT2D eigenvalue weighted by molar-refractivity contribution is 5.85. The maximum Gasteiger partial charge on any atom is 0.226 e. The standard InChI is InChI=1S/C11H20N2O.ClH/c1-2-13-10(14)11(5-6-11)9-4-3-7-12-8-9;/h9,12H,2-8H2,1H3,(H,13,14);1H. The Kier molecular flexibility index (Phi) is 4.41. The molecule has 0 radical (unpaired) electrons. The van der Waals surface area contributed by atoms with Crippen molar-refractivity contribution < 1.29 is 4.79 Å². The molecule has 2 N–H and O–H groups in total. The molecule has 2 aliphatic rings. The van der Waals surface area contributed by atoms with Crippen LogP contribution in [0, 0.1) is 11.3 Å². The fourth-order valence-electron chi connectivity index (χ4n) is 2.62. The number of hydrogen-bond acceptors (Lipinski definition) is 2. The predicted molar refractivity (Wildman–Crippen MR) is 63.2 cm³/mol. The van der Waals surface area contributed by atoms with Crippen molar-refractivity contribution in [3.63, 3.8) is 0 Å². The Hall–Kier alpha value is -0.280. The topological polar surface area (TPSA) is 41.1 Å². The highest BCUT2D eigenvalue weighted by Crippen LogP contribution is 2.54. The zero-order chi connectivity index (χ0) is 10.0. The van der Waals surface area contributed by atoms with Gasteiger partial charge in [-0.05, 0) is 51.6 Å². The third-order valence-corrected chi connectivity index (χ3v) is 3.66. The van der Waals surface area contributed by atoms with Crippen LogP contribution in [0.4, 0.5) is 0 Å². The van der Waals surface area contributed by atoms with Crippen molar-refractivity contribution in [2.24, 2.45) is 11.3 Å². The van der Waals surface area contributed by atoms with Gasteiger partial charge in [0, 0.05) is 6.54 Å². The van der Waals surface area contributed by atoms with Crippen molar-refractivity contribution >= 4 is 18.3 Å². The van der Waals surface area contributed by atoms with E-state index in [1.165, 1.54) is 12.8 Å². The van der Waals surface area contributed by atoms with Crippen LogP contribution in [0.2, 0.25) is 0 Å².